The molecule has 0 radical (unpaired) electrons. The summed E-state index contributed by atoms with van der Waals surface area (Å²) < 4.78 is 5.25. The first-order valence-corrected chi connectivity index (χ1v) is 7.35. The number of carbonyl (C=O) groups excluding carboxylic acids is 1. The molecule has 20 heavy (non-hydrogen) atoms. The number of benzene rings is 1. The van der Waals surface area contributed by atoms with Crippen LogP contribution < -0.4 is 5.32 Å². The average Bonchev–Trinajstić information content (AvgIpc) is 2.87. The van der Waals surface area contributed by atoms with E-state index in [4.69, 9.17) is 16.3 Å². The summed E-state index contributed by atoms with van der Waals surface area (Å²) in [5.41, 5.74) is 0.528. The van der Waals surface area contributed by atoms with Crippen molar-refractivity contribution in [1.82, 2.24) is 10.2 Å². The molecule has 1 aromatic carbocycles. The van der Waals surface area contributed by atoms with Crippen molar-refractivity contribution in [2.24, 2.45) is 0 Å². The van der Waals surface area contributed by atoms with Gasteiger partial charge in [0, 0.05) is 23.6 Å². The maximum atomic E-state index is 12.0. The topological polar surface area (TPSA) is 64.1 Å². The smallest absolute Gasteiger partial charge is 0.257 e. The van der Waals surface area contributed by atoms with E-state index in [1.807, 2.05) is 6.92 Å². The van der Waals surface area contributed by atoms with Crippen LogP contribution in [0.5, 0.6) is 0 Å². The first kappa shape index (κ1) is 14.9. The van der Waals surface area contributed by atoms with E-state index < -0.39 is 0 Å². The number of anilines is 1. The highest BCUT2D eigenvalue weighted by Gasteiger charge is 2.10. The van der Waals surface area contributed by atoms with Crippen LogP contribution in [0.3, 0.4) is 0 Å². The number of aromatic nitrogens is 2. The van der Waals surface area contributed by atoms with Crippen LogP contribution >= 0.6 is 22.9 Å². The van der Waals surface area contributed by atoms with Crippen LogP contribution in [0.2, 0.25) is 5.02 Å². The monoisotopic (exact) mass is 311 g/mol. The Morgan fingerprint density at radius 3 is 2.80 bits per heavy atom. The molecule has 0 aliphatic rings. The lowest BCUT2D eigenvalue weighted by atomic mass is 10.2. The molecule has 0 unspecified atom stereocenters. The van der Waals surface area contributed by atoms with E-state index in [1.54, 1.807) is 24.3 Å². The van der Waals surface area contributed by atoms with Crippen LogP contribution in [0, 0.1) is 0 Å². The van der Waals surface area contributed by atoms with Crippen LogP contribution in [0.1, 0.15) is 22.3 Å². The highest BCUT2D eigenvalue weighted by atomic mass is 35.5. The SMILES string of the molecule is CCOCCc1nnc(NC(=O)c2ccc(Cl)cc2)s1. The average molecular weight is 312 g/mol. The van der Waals surface area contributed by atoms with Crippen molar-refractivity contribution < 1.29 is 9.53 Å². The highest BCUT2D eigenvalue weighted by molar-refractivity contribution is 7.15. The summed E-state index contributed by atoms with van der Waals surface area (Å²) in [6, 6.07) is 6.66. The van der Waals surface area contributed by atoms with Crippen LogP contribution in [0.4, 0.5) is 5.13 Å². The maximum Gasteiger partial charge on any atom is 0.257 e. The van der Waals surface area contributed by atoms with Crippen molar-refractivity contribution in [3.8, 4) is 0 Å². The molecule has 0 fully saturated rings. The minimum Gasteiger partial charge on any atom is -0.381 e. The van der Waals surface area contributed by atoms with Gasteiger partial charge in [0.2, 0.25) is 5.13 Å². The highest BCUT2D eigenvalue weighted by Crippen LogP contribution is 2.17. The second-order valence-electron chi connectivity index (χ2n) is 3.91. The molecule has 0 spiro atoms. The molecule has 1 amide bonds. The van der Waals surface area contributed by atoms with Crippen molar-refractivity contribution in [3.05, 3.63) is 39.9 Å². The van der Waals surface area contributed by atoms with Crippen molar-refractivity contribution in [2.75, 3.05) is 18.5 Å². The van der Waals surface area contributed by atoms with Gasteiger partial charge in [0.15, 0.2) is 0 Å². The third-order valence-electron chi connectivity index (χ3n) is 2.46. The van der Waals surface area contributed by atoms with Gasteiger partial charge in [-0.05, 0) is 31.2 Å². The lowest BCUT2D eigenvalue weighted by molar-refractivity contribution is 0.102. The number of hydrogen-bond acceptors (Lipinski definition) is 5. The van der Waals surface area contributed by atoms with E-state index >= 15 is 0 Å². The van der Waals surface area contributed by atoms with Gasteiger partial charge in [-0.15, -0.1) is 10.2 Å². The van der Waals surface area contributed by atoms with Crippen molar-refractivity contribution in [2.45, 2.75) is 13.3 Å². The normalized spacial score (nSPS) is 10.5. The Bertz CT molecular complexity index is 571. The number of halogens is 1. The Morgan fingerprint density at radius 2 is 2.10 bits per heavy atom. The van der Waals surface area contributed by atoms with Gasteiger partial charge < -0.3 is 4.74 Å². The Kier molecular flexibility index (Phi) is 5.46. The van der Waals surface area contributed by atoms with Gasteiger partial charge in [-0.2, -0.15) is 0 Å². The van der Waals surface area contributed by atoms with Gasteiger partial charge in [-0.3, -0.25) is 10.1 Å². The zero-order valence-electron chi connectivity index (χ0n) is 10.9. The molecule has 2 aromatic rings. The fraction of sp³-hybridized carbons (Fsp3) is 0.308. The lowest BCUT2D eigenvalue weighted by Gasteiger charge is -2.00. The van der Waals surface area contributed by atoms with Gasteiger partial charge in [-0.25, -0.2) is 0 Å². The predicted octanol–water partition coefficient (Wildman–Crippen LogP) is 3.02. The number of nitrogens with zero attached hydrogens (tertiary/aromatic N) is 2. The first-order valence-electron chi connectivity index (χ1n) is 6.16. The Morgan fingerprint density at radius 1 is 1.35 bits per heavy atom. The molecule has 0 aliphatic heterocycles. The van der Waals surface area contributed by atoms with Gasteiger partial charge in [0.05, 0.1) is 6.61 Å². The molecule has 1 N–H and O–H groups in total. The number of ether oxygens (including phenoxy) is 1. The summed E-state index contributed by atoms with van der Waals surface area (Å²) in [6.45, 7) is 3.23. The second kappa shape index (κ2) is 7.33. The van der Waals surface area contributed by atoms with Crippen LogP contribution in [-0.2, 0) is 11.2 Å². The second-order valence-corrected chi connectivity index (χ2v) is 5.41. The molecule has 0 bridgehead atoms. The lowest BCUT2D eigenvalue weighted by Crippen LogP contribution is -2.11. The molecular formula is C13H14ClN3O2S. The fourth-order valence-electron chi connectivity index (χ4n) is 1.48. The number of carbonyl (C=O) groups is 1. The summed E-state index contributed by atoms with van der Waals surface area (Å²) in [5, 5.41) is 12.6. The summed E-state index contributed by atoms with van der Waals surface area (Å²) in [5.74, 6) is -0.228. The molecule has 1 heterocycles. The Labute approximate surface area is 125 Å². The summed E-state index contributed by atoms with van der Waals surface area (Å²) in [6.07, 6.45) is 0.697. The summed E-state index contributed by atoms with van der Waals surface area (Å²) in [4.78, 5) is 12.0. The quantitative estimate of drug-likeness (QED) is 0.833. The van der Waals surface area contributed by atoms with E-state index in [0.717, 1.165) is 5.01 Å². The van der Waals surface area contributed by atoms with Crippen LogP contribution in [0.25, 0.3) is 0 Å². The van der Waals surface area contributed by atoms with Crippen LogP contribution in [0.15, 0.2) is 24.3 Å². The molecule has 0 saturated heterocycles. The third kappa shape index (κ3) is 4.26. The van der Waals surface area contributed by atoms with E-state index in [1.165, 1.54) is 11.3 Å². The van der Waals surface area contributed by atoms with Crippen LogP contribution in [-0.4, -0.2) is 29.3 Å². The molecule has 0 saturated carbocycles. The Balaban J connectivity index is 1.92. The van der Waals surface area contributed by atoms with E-state index in [2.05, 4.69) is 15.5 Å². The van der Waals surface area contributed by atoms with Gasteiger partial charge in [0.1, 0.15) is 5.01 Å². The predicted molar refractivity (Wildman–Crippen MR) is 79.5 cm³/mol. The fourth-order valence-corrected chi connectivity index (χ4v) is 2.32. The molecule has 1 aromatic heterocycles. The number of rotatable bonds is 6. The molecule has 7 heteroatoms. The van der Waals surface area contributed by atoms with Crippen molar-refractivity contribution in [1.29, 1.82) is 0 Å². The van der Waals surface area contributed by atoms with E-state index in [0.29, 0.717) is 35.4 Å². The first-order chi connectivity index (χ1) is 9.69. The van der Waals surface area contributed by atoms with Gasteiger partial charge in [0.25, 0.3) is 5.91 Å². The van der Waals surface area contributed by atoms with Crippen molar-refractivity contribution in [3.63, 3.8) is 0 Å². The zero-order valence-corrected chi connectivity index (χ0v) is 12.5. The van der Waals surface area contributed by atoms with Gasteiger partial charge in [-0.1, -0.05) is 22.9 Å². The standard InChI is InChI=1S/C13H14ClN3O2S/c1-2-19-8-7-11-16-17-13(20-11)15-12(18)9-3-5-10(14)6-4-9/h3-6H,2,7-8H2,1H3,(H,15,17,18). The molecule has 5 nitrogen and oxygen atoms in total. The van der Waals surface area contributed by atoms with E-state index in [9.17, 15) is 4.79 Å². The van der Waals surface area contributed by atoms with E-state index in [-0.39, 0.29) is 5.91 Å². The third-order valence-corrected chi connectivity index (χ3v) is 3.61. The summed E-state index contributed by atoms with van der Waals surface area (Å²) >= 11 is 7.13. The largest absolute Gasteiger partial charge is 0.381 e. The summed E-state index contributed by atoms with van der Waals surface area (Å²) in [7, 11) is 0. The van der Waals surface area contributed by atoms with Gasteiger partial charge >= 0.3 is 0 Å². The minimum atomic E-state index is -0.228. The maximum absolute atomic E-state index is 12.0. The molecule has 2 rings (SSSR count). The number of nitrogens with one attached hydrogen (secondary N) is 1. The molecule has 0 atom stereocenters. The molecular weight excluding hydrogens is 298 g/mol. The Hall–Kier alpha value is -1.50. The zero-order chi connectivity index (χ0) is 14.4. The van der Waals surface area contributed by atoms with Crippen molar-refractivity contribution >= 4 is 34.0 Å². The number of amides is 1. The molecule has 0 aliphatic carbocycles. The number of hydrogen-bond donors (Lipinski definition) is 1. The molecule has 106 valence electrons. The minimum absolute atomic E-state index is 0.228.